The Labute approximate surface area is 170 Å². The summed E-state index contributed by atoms with van der Waals surface area (Å²) in [5, 5.41) is 1.89. The summed E-state index contributed by atoms with van der Waals surface area (Å²) < 4.78 is 23.7. The standard InChI is InChI=1S/C20H17FN2O5S/c1-27-15-6-7-16(28-2)12(8-15)9-17-19(25)23(20(26)29-17)11-18(24)22-14-5-3-4-13(21)10-14/h3-10H,11H2,1-2H3,(H,22,24)/b17-9+. The minimum absolute atomic E-state index is 0.153. The number of carbonyl (C=O) groups excluding carboxylic acids is 3. The van der Waals surface area contributed by atoms with Gasteiger partial charge in [0.1, 0.15) is 23.9 Å². The number of rotatable bonds is 6. The second kappa shape index (κ2) is 8.78. The maximum Gasteiger partial charge on any atom is 0.294 e. The molecule has 7 nitrogen and oxygen atoms in total. The van der Waals surface area contributed by atoms with E-state index in [0.29, 0.717) is 17.1 Å². The van der Waals surface area contributed by atoms with Crippen molar-refractivity contribution in [3.63, 3.8) is 0 Å². The van der Waals surface area contributed by atoms with Crippen LogP contribution in [0.1, 0.15) is 5.56 Å². The quantitative estimate of drug-likeness (QED) is 0.726. The maximum absolute atomic E-state index is 13.2. The molecule has 29 heavy (non-hydrogen) atoms. The molecule has 1 heterocycles. The molecule has 1 saturated heterocycles. The van der Waals surface area contributed by atoms with Crippen LogP contribution < -0.4 is 14.8 Å². The minimum Gasteiger partial charge on any atom is -0.497 e. The Morgan fingerprint density at radius 3 is 2.66 bits per heavy atom. The number of anilines is 1. The number of imide groups is 1. The zero-order valence-corrected chi connectivity index (χ0v) is 16.4. The first kappa shape index (κ1) is 20.4. The molecule has 9 heteroatoms. The highest BCUT2D eigenvalue weighted by molar-refractivity contribution is 8.18. The van der Waals surface area contributed by atoms with Crippen molar-refractivity contribution in [2.45, 2.75) is 0 Å². The summed E-state index contributed by atoms with van der Waals surface area (Å²) in [4.78, 5) is 38.0. The number of methoxy groups -OCH3 is 2. The van der Waals surface area contributed by atoms with Crippen molar-refractivity contribution >= 4 is 40.6 Å². The van der Waals surface area contributed by atoms with Gasteiger partial charge in [-0.3, -0.25) is 19.3 Å². The Morgan fingerprint density at radius 2 is 1.97 bits per heavy atom. The van der Waals surface area contributed by atoms with E-state index < -0.39 is 29.4 Å². The van der Waals surface area contributed by atoms with E-state index in [1.165, 1.54) is 38.5 Å². The number of halogens is 1. The first-order valence-electron chi connectivity index (χ1n) is 8.44. The van der Waals surface area contributed by atoms with Gasteiger partial charge in [0.05, 0.1) is 19.1 Å². The number of ether oxygens (including phenoxy) is 2. The molecule has 1 fully saturated rings. The molecule has 150 valence electrons. The molecule has 0 atom stereocenters. The fraction of sp³-hybridized carbons (Fsp3) is 0.150. The number of hydrogen-bond acceptors (Lipinski definition) is 6. The lowest BCUT2D eigenvalue weighted by Gasteiger charge is -2.12. The Kier molecular flexibility index (Phi) is 6.18. The SMILES string of the molecule is COc1ccc(OC)c(/C=C2/SC(=O)N(CC(=O)Nc3cccc(F)c3)C2=O)c1. The lowest BCUT2D eigenvalue weighted by Crippen LogP contribution is -2.36. The molecule has 0 aromatic heterocycles. The first-order chi connectivity index (χ1) is 13.9. The molecule has 1 N–H and O–H groups in total. The smallest absolute Gasteiger partial charge is 0.294 e. The van der Waals surface area contributed by atoms with E-state index in [9.17, 15) is 18.8 Å². The number of carbonyl (C=O) groups is 3. The number of nitrogens with zero attached hydrogens (tertiary/aromatic N) is 1. The summed E-state index contributed by atoms with van der Waals surface area (Å²) >= 11 is 0.722. The van der Waals surface area contributed by atoms with Gasteiger partial charge in [-0.15, -0.1) is 0 Å². The molecule has 0 aliphatic carbocycles. The molecule has 0 unspecified atom stereocenters. The van der Waals surface area contributed by atoms with Crippen LogP contribution in [-0.4, -0.2) is 42.7 Å². The molecule has 0 bridgehead atoms. The summed E-state index contributed by atoms with van der Waals surface area (Å²) in [6.45, 7) is -0.478. The van der Waals surface area contributed by atoms with Gasteiger partial charge in [-0.1, -0.05) is 6.07 Å². The monoisotopic (exact) mass is 416 g/mol. The van der Waals surface area contributed by atoms with E-state index in [2.05, 4.69) is 5.32 Å². The second-order valence-electron chi connectivity index (χ2n) is 5.93. The molecule has 0 radical (unpaired) electrons. The van der Waals surface area contributed by atoms with Crippen LogP contribution in [0.4, 0.5) is 14.9 Å². The van der Waals surface area contributed by atoms with Crippen LogP contribution in [0.3, 0.4) is 0 Å². The number of nitrogens with one attached hydrogen (secondary N) is 1. The zero-order chi connectivity index (χ0) is 21.0. The van der Waals surface area contributed by atoms with Crippen LogP contribution in [0, 0.1) is 5.82 Å². The highest BCUT2D eigenvalue weighted by Gasteiger charge is 2.36. The number of thioether (sulfide) groups is 1. The lowest BCUT2D eigenvalue weighted by atomic mass is 10.1. The molecular formula is C20H17FN2O5S. The second-order valence-corrected chi connectivity index (χ2v) is 6.93. The fourth-order valence-electron chi connectivity index (χ4n) is 2.64. The third-order valence-corrected chi connectivity index (χ3v) is 4.91. The van der Waals surface area contributed by atoms with Crippen molar-refractivity contribution in [1.82, 2.24) is 4.90 Å². The van der Waals surface area contributed by atoms with E-state index in [4.69, 9.17) is 9.47 Å². The fourth-order valence-corrected chi connectivity index (χ4v) is 3.47. The van der Waals surface area contributed by atoms with Gasteiger partial charge in [0, 0.05) is 11.3 Å². The summed E-state index contributed by atoms with van der Waals surface area (Å²) in [5.41, 5.74) is 0.792. The molecule has 3 amide bonds. The van der Waals surface area contributed by atoms with E-state index in [1.54, 1.807) is 18.2 Å². The van der Waals surface area contributed by atoms with Gasteiger partial charge >= 0.3 is 0 Å². The average Bonchev–Trinajstić information content (AvgIpc) is 2.95. The topological polar surface area (TPSA) is 84.9 Å². The van der Waals surface area contributed by atoms with Crippen molar-refractivity contribution in [3.8, 4) is 11.5 Å². The highest BCUT2D eigenvalue weighted by atomic mass is 32.2. The van der Waals surface area contributed by atoms with E-state index in [1.807, 2.05) is 0 Å². The van der Waals surface area contributed by atoms with Crippen LogP contribution in [0.25, 0.3) is 6.08 Å². The normalized spacial score (nSPS) is 15.0. The summed E-state index contributed by atoms with van der Waals surface area (Å²) in [5.74, 6) is -0.659. The lowest BCUT2D eigenvalue weighted by molar-refractivity contribution is -0.127. The molecule has 3 rings (SSSR count). The predicted molar refractivity (Wildman–Crippen MR) is 107 cm³/mol. The third kappa shape index (κ3) is 4.75. The van der Waals surface area contributed by atoms with Crippen LogP contribution in [0.5, 0.6) is 11.5 Å². The number of benzene rings is 2. The maximum atomic E-state index is 13.2. The Hall–Kier alpha value is -3.33. The number of hydrogen-bond donors (Lipinski definition) is 1. The van der Waals surface area contributed by atoms with Gasteiger partial charge in [0.25, 0.3) is 11.1 Å². The van der Waals surface area contributed by atoms with Crippen molar-refractivity contribution in [3.05, 3.63) is 58.8 Å². The van der Waals surface area contributed by atoms with Crippen molar-refractivity contribution in [2.24, 2.45) is 0 Å². The summed E-state index contributed by atoms with van der Waals surface area (Å²) in [6, 6.07) is 10.4. The molecule has 1 aliphatic rings. The highest BCUT2D eigenvalue weighted by Crippen LogP contribution is 2.35. The first-order valence-corrected chi connectivity index (χ1v) is 9.25. The van der Waals surface area contributed by atoms with Crippen molar-refractivity contribution < 1.29 is 28.2 Å². The molecular weight excluding hydrogens is 399 g/mol. The summed E-state index contributed by atoms with van der Waals surface area (Å²) in [6.07, 6.45) is 1.51. The van der Waals surface area contributed by atoms with Gasteiger partial charge in [-0.2, -0.15) is 0 Å². The van der Waals surface area contributed by atoms with Gasteiger partial charge in [0.15, 0.2) is 0 Å². The van der Waals surface area contributed by atoms with Crippen LogP contribution in [0.15, 0.2) is 47.4 Å². The molecule has 2 aromatic carbocycles. The van der Waals surface area contributed by atoms with Crippen LogP contribution in [0.2, 0.25) is 0 Å². The molecule has 2 aromatic rings. The van der Waals surface area contributed by atoms with Gasteiger partial charge in [-0.05, 0) is 54.2 Å². The van der Waals surface area contributed by atoms with Crippen molar-refractivity contribution in [2.75, 3.05) is 26.1 Å². The number of amides is 3. The Bertz CT molecular complexity index is 1010. The summed E-state index contributed by atoms with van der Waals surface area (Å²) in [7, 11) is 3.00. The van der Waals surface area contributed by atoms with Crippen molar-refractivity contribution in [1.29, 1.82) is 0 Å². The van der Waals surface area contributed by atoms with Crippen LogP contribution >= 0.6 is 11.8 Å². The molecule has 0 saturated carbocycles. The van der Waals surface area contributed by atoms with E-state index in [0.717, 1.165) is 22.7 Å². The third-order valence-electron chi connectivity index (χ3n) is 4.01. The largest absolute Gasteiger partial charge is 0.497 e. The van der Waals surface area contributed by atoms with E-state index >= 15 is 0 Å². The minimum atomic E-state index is -0.613. The zero-order valence-electron chi connectivity index (χ0n) is 15.6. The van der Waals surface area contributed by atoms with Crippen LogP contribution in [-0.2, 0) is 9.59 Å². The Morgan fingerprint density at radius 1 is 1.17 bits per heavy atom. The van der Waals surface area contributed by atoms with Gasteiger partial charge in [-0.25, -0.2) is 4.39 Å². The van der Waals surface area contributed by atoms with Gasteiger partial charge < -0.3 is 14.8 Å². The Balaban J connectivity index is 1.76. The van der Waals surface area contributed by atoms with E-state index in [-0.39, 0.29) is 10.6 Å². The molecule has 0 spiro atoms. The predicted octanol–water partition coefficient (Wildman–Crippen LogP) is 3.52. The molecule has 1 aliphatic heterocycles. The van der Waals surface area contributed by atoms with Gasteiger partial charge in [0.2, 0.25) is 5.91 Å². The average molecular weight is 416 g/mol.